The zero-order chi connectivity index (χ0) is 14.2. The Bertz CT molecular complexity index is 583. The standard InChI is InChI=1S/C17H20N2O/c1-17(2)11-20-16(19-17)9-13-8-7-12-5-3-4-6-14(12)15(13)10-18/h3-6,13,15H,7-9,11H2,1-2H3/t13-,15+/m0/s1. The minimum Gasteiger partial charge on any atom is -0.478 e. The molecule has 2 atom stereocenters. The Labute approximate surface area is 120 Å². The number of benzene rings is 1. The van der Waals surface area contributed by atoms with E-state index in [1.54, 1.807) is 0 Å². The number of fused-ring (bicyclic) bond motifs is 1. The molecule has 3 nitrogen and oxygen atoms in total. The van der Waals surface area contributed by atoms with Gasteiger partial charge in [0, 0.05) is 6.42 Å². The summed E-state index contributed by atoms with van der Waals surface area (Å²) in [7, 11) is 0. The van der Waals surface area contributed by atoms with Crippen LogP contribution >= 0.6 is 0 Å². The minimum atomic E-state index is -0.107. The van der Waals surface area contributed by atoms with Crippen LogP contribution in [0.25, 0.3) is 0 Å². The van der Waals surface area contributed by atoms with Gasteiger partial charge in [-0.3, -0.25) is 0 Å². The van der Waals surface area contributed by atoms with E-state index in [1.807, 2.05) is 6.07 Å². The predicted molar refractivity (Wildman–Crippen MR) is 78.7 cm³/mol. The van der Waals surface area contributed by atoms with Crippen LogP contribution in [0, 0.1) is 17.2 Å². The molecule has 0 spiro atoms. The van der Waals surface area contributed by atoms with Crippen LogP contribution in [0.5, 0.6) is 0 Å². The molecule has 0 saturated carbocycles. The van der Waals surface area contributed by atoms with Crippen LogP contribution in [-0.2, 0) is 11.2 Å². The first-order chi connectivity index (χ1) is 9.59. The van der Waals surface area contributed by atoms with Crippen molar-refractivity contribution in [2.24, 2.45) is 10.9 Å². The molecule has 0 unspecified atom stereocenters. The maximum absolute atomic E-state index is 9.55. The molecule has 3 rings (SSSR count). The zero-order valence-electron chi connectivity index (χ0n) is 12.1. The zero-order valence-corrected chi connectivity index (χ0v) is 12.1. The highest BCUT2D eigenvalue weighted by Gasteiger charge is 2.33. The Morgan fingerprint density at radius 2 is 2.20 bits per heavy atom. The number of aliphatic imine (C=N–C) groups is 1. The van der Waals surface area contributed by atoms with E-state index < -0.39 is 0 Å². The monoisotopic (exact) mass is 268 g/mol. The fourth-order valence-corrected chi connectivity index (χ4v) is 3.21. The topological polar surface area (TPSA) is 45.4 Å². The highest BCUT2D eigenvalue weighted by molar-refractivity contribution is 5.78. The molecule has 0 aromatic heterocycles. The smallest absolute Gasteiger partial charge is 0.184 e. The van der Waals surface area contributed by atoms with E-state index in [2.05, 4.69) is 43.1 Å². The molecule has 104 valence electrons. The largest absolute Gasteiger partial charge is 0.478 e. The molecule has 1 aromatic rings. The Kier molecular flexibility index (Phi) is 3.25. The Morgan fingerprint density at radius 3 is 2.90 bits per heavy atom. The van der Waals surface area contributed by atoms with Gasteiger partial charge in [-0.05, 0) is 43.7 Å². The number of aryl methyl sites for hydroxylation is 1. The quantitative estimate of drug-likeness (QED) is 0.824. The summed E-state index contributed by atoms with van der Waals surface area (Å²) in [5.41, 5.74) is 2.42. The van der Waals surface area contributed by atoms with Crippen molar-refractivity contribution in [1.29, 1.82) is 5.26 Å². The molecular weight excluding hydrogens is 248 g/mol. The van der Waals surface area contributed by atoms with Crippen LogP contribution in [-0.4, -0.2) is 18.0 Å². The number of hydrogen-bond acceptors (Lipinski definition) is 3. The molecule has 0 amide bonds. The lowest BCUT2D eigenvalue weighted by Crippen LogP contribution is -2.22. The lowest BCUT2D eigenvalue weighted by Gasteiger charge is -2.29. The van der Waals surface area contributed by atoms with Crippen molar-refractivity contribution < 1.29 is 4.74 Å². The van der Waals surface area contributed by atoms with E-state index in [-0.39, 0.29) is 11.5 Å². The molecule has 3 heteroatoms. The van der Waals surface area contributed by atoms with E-state index in [0.29, 0.717) is 12.5 Å². The van der Waals surface area contributed by atoms with Gasteiger partial charge in [-0.15, -0.1) is 0 Å². The van der Waals surface area contributed by atoms with Crippen molar-refractivity contribution in [3.8, 4) is 6.07 Å². The summed E-state index contributed by atoms with van der Waals surface area (Å²) in [5, 5.41) is 9.55. The fourth-order valence-electron chi connectivity index (χ4n) is 3.21. The van der Waals surface area contributed by atoms with Crippen molar-refractivity contribution >= 4 is 5.90 Å². The first kappa shape index (κ1) is 13.2. The summed E-state index contributed by atoms with van der Waals surface area (Å²) in [4.78, 5) is 4.62. The first-order valence-electron chi connectivity index (χ1n) is 7.28. The summed E-state index contributed by atoms with van der Waals surface area (Å²) in [6.07, 6.45) is 2.88. The number of nitrogens with zero attached hydrogens (tertiary/aromatic N) is 2. The molecule has 20 heavy (non-hydrogen) atoms. The maximum Gasteiger partial charge on any atom is 0.184 e. The van der Waals surface area contributed by atoms with Crippen molar-refractivity contribution in [1.82, 2.24) is 0 Å². The molecule has 1 aliphatic carbocycles. The number of rotatable bonds is 2. The summed E-state index contributed by atoms with van der Waals surface area (Å²) < 4.78 is 5.69. The highest BCUT2D eigenvalue weighted by atomic mass is 16.5. The molecule has 1 aromatic carbocycles. The van der Waals surface area contributed by atoms with E-state index in [4.69, 9.17) is 4.74 Å². The summed E-state index contributed by atoms with van der Waals surface area (Å²) in [5.74, 6) is 1.12. The molecule has 0 N–H and O–H groups in total. The average molecular weight is 268 g/mol. The Hall–Kier alpha value is -1.82. The molecule has 1 aliphatic heterocycles. The van der Waals surface area contributed by atoms with Gasteiger partial charge in [0.25, 0.3) is 0 Å². The summed E-state index contributed by atoms with van der Waals surface area (Å²) in [6, 6.07) is 10.8. The number of nitriles is 1. The number of ether oxygens (including phenoxy) is 1. The molecule has 0 fully saturated rings. The normalized spacial score (nSPS) is 27.1. The van der Waals surface area contributed by atoms with Crippen molar-refractivity contribution in [3.05, 3.63) is 35.4 Å². The molecule has 0 radical (unpaired) electrons. The maximum atomic E-state index is 9.55. The van der Waals surface area contributed by atoms with Gasteiger partial charge in [0.1, 0.15) is 6.61 Å². The van der Waals surface area contributed by atoms with E-state index >= 15 is 0 Å². The van der Waals surface area contributed by atoms with Gasteiger partial charge in [-0.25, -0.2) is 4.99 Å². The third-order valence-electron chi connectivity index (χ3n) is 4.24. The third-order valence-corrected chi connectivity index (χ3v) is 4.24. The molecular formula is C17H20N2O. The second-order valence-electron chi connectivity index (χ2n) is 6.42. The number of hydrogen-bond donors (Lipinski definition) is 0. The predicted octanol–water partition coefficient (Wildman–Crippen LogP) is 3.45. The third kappa shape index (κ3) is 2.43. The van der Waals surface area contributed by atoms with Crippen LogP contribution in [0.4, 0.5) is 0 Å². The molecule has 0 saturated heterocycles. The van der Waals surface area contributed by atoms with E-state index in [1.165, 1.54) is 11.1 Å². The van der Waals surface area contributed by atoms with Gasteiger partial charge in [-0.2, -0.15) is 5.26 Å². The van der Waals surface area contributed by atoms with Crippen molar-refractivity contribution in [3.63, 3.8) is 0 Å². The Balaban J connectivity index is 1.81. The second kappa shape index (κ2) is 4.94. The molecule has 2 aliphatic rings. The van der Waals surface area contributed by atoms with Crippen LogP contribution < -0.4 is 0 Å². The van der Waals surface area contributed by atoms with Gasteiger partial charge in [0.05, 0.1) is 17.5 Å². The SMILES string of the molecule is CC1(C)COC(C[C@@H]2CCc3ccccc3[C@@H]2C#N)=N1. The Morgan fingerprint density at radius 1 is 1.40 bits per heavy atom. The molecule has 1 heterocycles. The van der Waals surface area contributed by atoms with Gasteiger partial charge in [0.15, 0.2) is 5.90 Å². The van der Waals surface area contributed by atoms with Crippen molar-refractivity contribution in [2.45, 2.75) is 44.6 Å². The first-order valence-corrected chi connectivity index (χ1v) is 7.28. The molecule has 0 bridgehead atoms. The summed E-state index contributed by atoms with van der Waals surface area (Å²) in [6.45, 7) is 4.82. The van der Waals surface area contributed by atoms with Crippen LogP contribution in [0.2, 0.25) is 0 Å². The second-order valence-corrected chi connectivity index (χ2v) is 6.42. The highest BCUT2D eigenvalue weighted by Crippen LogP contribution is 2.38. The lowest BCUT2D eigenvalue weighted by molar-refractivity contribution is 0.266. The average Bonchev–Trinajstić information content (AvgIpc) is 2.78. The van der Waals surface area contributed by atoms with Crippen LogP contribution in [0.1, 0.15) is 43.7 Å². The van der Waals surface area contributed by atoms with Gasteiger partial charge < -0.3 is 4.74 Å². The van der Waals surface area contributed by atoms with Crippen LogP contribution in [0.3, 0.4) is 0 Å². The summed E-state index contributed by atoms with van der Waals surface area (Å²) >= 11 is 0. The van der Waals surface area contributed by atoms with Gasteiger partial charge in [0.2, 0.25) is 0 Å². The van der Waals surface area contributed by atoms with Gasteiger partial charge >= 0.3 is 0 Å². The lowest BCUT2D eigenvalue weighted by atomic mass is 9.74. The van der Waals surface area contributed by atoms with E-state index in [0.717, 1.165) is 25.2 Å². The van der Waals surface area contributed by atoms with Crippen LogP contribution in [0.15, 0.2) is 29.3 Å². The minimum absolute atomic E-state index is 0.0324. The fraction of sp³-hybridized carbons (Fsp3) is 0.529. The van der Waals surface area contributed by atoms with Gasteiger partial charge in [-0.1, -0.05) is 24.3 Å². The van der Waals surface area contributed by atoms with Crippen molar-refractivity contribution in [2.75, 3.05) is 6.61 Å². The van der Waals surface area contributed by atoms with E-state index in [9.17, 15) is 5.26 Å².